The van der Waals surface area contributed by atoms with Crippen LogP contribution in [0.2, 0.25) is 5.02 Å². The molecule has 0 spiro atoms. The van der Waals surface area contributed by atoms with Crippen molar-refractivity contribution >= 4 is 23.5 Å². The Morgan fingerprint density at radius 3 is 1.86 bits per heavy atom. The highest BCUT2D eigenvalue weighted by Crippen LogP contribution is 2.44. The summed E-state index contributed by atoms with van der Waals surface area (Å²) in [5.41, 5.74) is 8.09. The first-order valence-electron chi connectivity index (χ1n) is 15.0. The summed E-state index contributed by atoms with van der Waals surface area (Å²) < 4.78 is 5.92. The Morgan fingerprint density at radius 2 is 1.27 bits per heavy atom. The Kier molecular flexibility index (Phi) is 7.76. The van der Waals surface area contributed by atoms with Crippen molar-refractivity contribution in [1.29, 1.82) is 0 Å². The number of amides is 1. The summed E-state index contributed by atoms with van der Waals surface area (Å²) in [6.07, 6.45) is 0.884. The third-order valence-corrected chi connectivity index (χ3v) is 9.09. The zero-order chi connectivity index (χ0) is 30.0. The average Bonchev–Trinajstić information content (AvgIpc) is 3.69. The van der Waals surface area contributed by atoms with Gasteiger partial charge in [-0.05, 0) is 57.9 Å². The van der Waals surface area contributed by atoms with Gasteiger partial charge in [0.15, 0.2) is 5.78 Å². The van der Waals surface area contributed by atoms with Crippen LogP contribution in [0.5, 0.6) is 0 Å². The molecule has 1 aliphatic carbocycles. The number of hydrogen-bond donors (Lipinski definition) is 0. The van der Waals surface area contributed by atoms with E-state index in [1.807, 2.05) is 72.8 Å². The van der Waals surface area contributed by atoms with Crippen LogP contribution in [0, 0.1) is 5.92 Å². The van der Waals surface area contributed by atoms with E-state index in [4.69, 9.17) is 16.3 Å². The first kappa shape index (κ1) is 28.1. The zero-order valence-electron chi connectivity index (χ0n) is 24.2. The molecular formula is C39H31ClNO3. The molecule has 1 aliphatic heterocycles. The lowest BCUT2D eigenvalue weighted by Gasteiger charge is -2.25. The normalized spacial score (nSPS) is 15.7. The molecule has 217 valence electrons. The largest absolute Gasteiger partial charge is 0.448 e. The molecule has 1 fully saturated rings. The molecule has 4 nitrogen and oxygen atoms in total. The van der Waals surface area contributed by atoms with Crippen molar-refractivity contribution in [2.24, 2.45) is 0 Å². The third-order valence-electron chi connectivity index (χ3n) is 8.77. The summed E-state index contributed by atoms with van der Waals surface area (Å²) in [6.45, 7) is 0.710. The first-order valence-corrected chi connectivity index (χ1v) is 15.4. The van der Waals surface area contributed by atoms with Gasteiger partial charge in [0.1, 0.15) is 6.61 Å². The minimum absolute atomic E-state index is 0.0332. The summed E-state index contributed by atoms with van der Waals surface area (Å²) >= 11 is 6.90. The number of benzene rings is 5. The standard InChI is InChI=1S/C39H31ClNO3/c40-35-24-28(21-22-33(35)37(26-12-3-1-4-13-26)27-14-5-2-6-15-27)38(42)36-20-11-23-41(36)39(43)44-25-34-31-18-9-7-16-29(31)30-17-8-10-19-32(30)34/h1-10,12-19,21-22,24,34,36H,11,20,23,25H2/t36-/m0/s1. The number of ether oxygens (including phenoxy) is 1. The lowest BCUT2D eigenvalue weighted by Crippen LogP contribution is -2.41. The van der Waals surface area contributed by atoms with Gasteiger partial charge in [-0.15, -0.1) is 0 Å². The maximum atomic E-state index is 13.8. The molecule has 0 unspecified atom stereocenters. The SMILES string of the molecule is O=C(c1ccc([C](c2ccccc2)c2ccccc2)c(Cl)c1)[C@@H]1CCCN1C(=O)OCC1c2ccccc2-c2ccccc21. The predicted molar refractivity (Wildman–Crippen MR) is 174 cm³/mol. The minimum atomic E-state index is -0.584. The van der Waals surface area contributed by atoms with Crippen molar-refractivity contribution < 1.29 is 14.3 Å². The van der Waals surface area contributed by atoms with Crippen LogP contribution in [-0.4, -0.2) is 36.0 Å². The van der Waals surface area contributed by atoms with Gasteiger partial charge in [0, 0.05) is 23.0 Å². The van der Waals surface area contributed by atoms with Gasteiger partial charge in [-0.25, -0.2) is 4.79 Å². The van der Waals surface area contributed by atoms with E-state index < -0.39 is 12.1 Å². The van der Waals surface area contributed by atoms with E-state index in [2.05, 4.69) is 48.5 Å². The van der Waals surface area contributed by atoms with Crippen LogP contribution < -0.4 is 0 Å². The maximum absolute atomic E-state index is 13.8. The minimum Gasteiger partial charge on any atom is -0.448 e. The summed E-state index contributed by atoms with van der Waals surface area (Å²) in [5.74, 6) is 0.843. The van der Waals surface area contributed by atoms with Crippen LogP contribution in [-0.2, 0) is 4.74 Å². The van der Waals surface area contributed by atoms with E-state index in [9.17, 15) is 9.59 Å². The number of carbonyl (C=O) groups is 2. The lowest BCUT2D eigenvalue weighted by atomic mass is 9.84. The van der Waals surface area contributed by atoms with Crippen LogP contribution in [0.4, 0.5) is 4.79 Å². The molecule has 0 bridgehead atoms. The van der Waals surface area contributed by atoms with Crippen molar-refractivity contribution in [3.63, 3.8) is 0 Å². The first-order chi connectivity index (χ1) is 21.6. The monoisotopic (exact) mass is 596 g/mol. The number of fused-ring (bicyclic) bond motifs is 3. The van der Waals surface area contributed by atoms with E-state index >= 15 is 0 Å². The Bertz CT molecular complexity index is 1740. The van der Waals surface area contributed by atoms with Gasteiger partial charge in [0.05, 0.1) is 12.0 Å². The molecule has 1 radical (unpaired) electrons. The van der Waals surface area contributed by atoms with Crippen molar-refractivity contribution in [2.45, 2.75) is 24.8 Å². The van der Waals surface area contributed by atoms with Gasteiger partial charge < -0.3 is 4.74 Å². The number of carbonyl (C=O) groups excluding carboxylic acids is 2. The van der Waals surface area contributed by atoms with Crippen LogP contribution in [0.15, 0.2) is 127 Å². The smallest absolute Gasteiger partial charge is 0.410 e. The highest BCUT2D eigenvalue weighted by Gasteiger charge is 2.37. The molecule has 7 rings (SSSR count). The second kappa shape index (κ2) is 12.1. The number of Topliss-reactive ketones (excluding diaryl/α,β-unsaturated/α-hetero) is 1. The second-order valence-electron chi connectivity index (χ2n) is 11.3. The van der Waals surface area contributed by atoms with Gasteiger partial charge in [-0.1, -0.05) is 133 Å². The van der Waals surface area contributed by atoms with Gasteiger partial charge in [0.25, 0.3) is 0 Å². The van der Waals surface area contributed by atoms with Crippen molar-refractivity contribution in [2.75, 3.05) is 13.2 Å². The summed E-state index contributed by atoms with van der Waals surface area (Å²) in [5, 5.41) is 0.490. The second-order valence-corrected chi connectivity index (χ2v) is 11.7. The fourth-order valence-electron chi connectivity index (χ4n) is 6.69. The number of nitrogens with zero attached hydrogens (tertiary/aromatic N) is 1. The Morgan fingerprint density at radius 1 is 0.705 bits per heavy atom. The number of likely N-dealkylation sites (tertiary alicyclic amines) is 1. The summed E-state index contributed by atoms with van der Waals surface area (Å²) in [4.78, 5) is 28.8. The van der Waals surface area contributed by atoms with E-state index in [0.717, 1.165) is 40.2 Å². The predicted octanol–water partition coefficient (Wildman–Crippen LogP) is 8.96. The molecule has 0 saturated carbocycles. The molecule has 5 aromatic rings. The van der Waals surface area contributed by atoms with Crippen LogP contribution in [0.25, 0.3) is 11.1 Å². The van der Waals surface area contributed by atoms with Gasteiger partial charge in [0.2, 0.25) is 0 Å². The molecule has 2 aliphatic rings. The third kappa shape index (κ3) is 5.20. The number of halogens is 1. The van der Waals surface area contributed by atoms with E-state index in [0.29, 0.717) is 23.6 Å². The fraction of sp³-hybridized carbons (Fsp3) is 0.154. The molecule has 1 atom stereocenters. The van der Waals surface area contributed by atoms with Crippen molar-refractivity contribution in [1.82, 2.24) is 4.90 Å². The van der Waals surface area contributed by atoms with Crippen LogP contribution >= 0.6 is 11.6 Å². The van der Waals surface area contributed by atoms with E-state index in [-0.39, 0.29) is 18.3 Å². The molecule has 5 aromatic carbocycles. The molecule has 44 heavy (non-hydrogen) atoms. The van der Waals surface area contributed by atoms with Crippen molar-refractivity contribution in [3.8, 4) is 11.1 Å². The van der Waals surface area contributed by atoms with Gasteiger partial charge in [-0.3, -0.25) is 9.69 Å². The fourth-order valence-corrected chi connectivity index (χ4v) is 6.96. The quantitative estimate of drug-likeness (QED) is 0.139. The topological polar surface area (TPSA) is 46.6 Å². The number of rotatable bonds is 7. The van der Waals surface area contributed by atoms with Gasteiger partial charge in [-0.2, -0.15) is 0 Å². The summed E-state index contributed by atoms with van der Waals surface area (Å²) in [6, 6.07) is 41.6. The average molecular weight is 597 g/mol. The number of ketones is 1. The number of hydrogen-bond acceptors (Lipinski definition) is 3. The van der Waals surface area contributed by atoms with E-state index in [1.54, 1.807) is 11.0 Å². The molecule has 5 heteroatoms. The lowest BCUT2D eigenvalue weighted by molar-refractivity contribution is 0.0752. The highest BCUT2D eigenvalue weighted by molar-refractivity contribution is 6.32. The van der Waals surface area contributed by atoms with E-state index in [1.165, 1.54) is 11.1 Å². The molecular weight excluding hydrogens is 566 g/mol. The molecule has 1 amide bonds. The van der Waals surface area contributed by atoms with Crippen molar-refractivity contribution in [3.05, 3.63) is 172 Å². The Hall–Kier alpha value is -4.67. The van der Waals surface area contributed by atoms with Gasteiger partial charge >= 0.3 is 6.09 Å². The Labute approximate surface area is 262 Å². The zero-order valence-corrected chi connectivity index (χ0v) is 24.9. The maximum Gasteiger partial charge on any atom is 0.410 e. The van der Waals surface area contributed by atoms with Crippen LogP contribution in [0.1, 0.15) is 56.9 Å². The molecule has 0 aromatic heterocycles. The highest BCUT2D eigenvalue weighted by atomic mass is 35.5. The molecule has 0 N–H and O–H groups in total. The Balaban J connectivity index is 1.09. The molecule has 1 saturated heterocycles. The summed E-state index contributed by atoms with van der Waals surface area (Å²) in [7, 11) is 0. The van der Waals surface area contributed by atoms with Crippen LogP contribution in [0.3, 0.4) is 0 Å². The molecule has 1 heterocycles.